The van der Waals surface area contributed by atoms with Gasteiger partial charge in [-0.2, -0.15) is 0 Å². The first-order valence-electron chi connectivity index (χ1n) is 5.96. The highest BCUT2D eigenvalue weighted by atomic mass is 16.5. The van der Waals surface area contributed by atoms with Crippen LogP contribution in [-0.2, 0) is 14.3 Å². The van der Waals surface area contributed by atoms with E-state index in [2.05, 4.69) is 0 Å². The Morgan fingerprint density at radius 2 is 1.40 bits per heavy atom. The van der Waals surface area contributed by atoms with E-state index in [0.29, 0.717) is 13.0 Å². The number of hydrogen-bond donors (Lipinski definition) is 0. The summed E-state index contributed by atoms with van der Waals surface area (Å²) in [5.74, 6) is -0.321. The molecular formula is C12H20O3. The van der Waals surface area contributed by atoms with Crippen molar-refractivity contribution in [3.63, 3.8) is 0 Å². The molecule has 0 amide bonds. The molecule has 15 heavy (non-hydrogen) atoms. The van der Waals surface area contributed by atoms with E-state index in [1.54, 1.807) is 0 Å². The highest BCUT2D eigenvalue weighted by molar-refractivity contribution is 5.95. The third-order valence-corrected chi connectivity index (χ3v) is 2.70. The molecule has 0 atom stereocenters. The smallest absolute Gasteiger partial charge is 0.313 e. The number of rotatable bonds is 0. The zero-order chi connectivity index (χ0) is 10.9. The summed E-state index contributed by atoms with van der Waals surface area (Å²) in [5, 5.41) is 0. The second kappa shape index (κ2) is 7.43. The minimum Gasteiger partial charge on any atom is -0.465 e. The summed E-state index contributed by atoms with van der Waals surface area (Å²) >= 11 is 0. The molecular weight excluding hydrogens is 192 g/mol. The van der Waals surface area contributed by atoms with Crippen LogP contribution in [0.15, 0.2) is 0 Å². The minimum atomic E-state index is -0.348. The second-order valence-electron chi connectivity index (χ2n) is 4.16. The van der Waals surface area contributed by atoms with Gasteiger partial charge in [0.1, 0.15) is 12.2 Å². The largest absolute Gasteiger partial charge is 0.465 e. The van der Waals surface area contributed by atoms with E-state index in [9.17, 15) is 9.59 Å². The maximum atomic E-state index is 11.3. The van der Waals surface area contributed by atoms with Crippen molar-refractivity contribution in [3.05, 3.63) is 0 Å². The lowest BCUT2D eigenvalue weighted by molar-refractivity contribution is -0.146. The lowest BCUT2D eigenvalue weighted by atomic mass is 10.1. The lowest BCUT2D eigenvalue weighted by Gasteiger charge is -2.03. The molecule has 0 unspecified atom stereocenters. The molecule has 0 aromatic carbocycles. The Morgan fingerprint density at radius 3 is 2.13 bits per heavy atom. The minimum absolute atomic E-state index is 0.0271. The van der Waals surface area contributed by atoms with Crippen molar-refractivity contribution in [2.24, 2.45) is 0 Å². The standard InChI is InChI=1S/C12H20O3/c13-11-8-6-4-2-1-3-5-7-9-15-12(14)10-11/h1-10H2. The Hall–Kier alpha value is -0.860. The van der Waals surface area contributed by atoms with Crippen LogP contribution in [0.25, 0.3) is 0 Å². The van der Waals surface area contributed by atoms with Crippen LogP contribution >= 0.6 is 0 Å². The molecule has 1 saturated heterocycles. The number of ether oxygens (including phenoxy) is 1. The Kier molecular flexibility index (Phi) is 6.05. The summed E-state index contributed by atoms with van der Waals surface area (Å²) in [7, 11) is 0. The van der Waals surface area contributed by atoms with Crippen LogP contribution in [-0.4, -0.2) is 18.4 Å². The van der Waals surface area contributed by atoms with E-state index < -0.39 is 0 Å². The predicted octanol–water partition coefficient (Wildman–Crippen LogP) is 2.62. The SMILES string of the molecule is O=C1CCCCCCCCCOC(=O)C1. The van der Waals surface area contributed by atoms with Crippen LogP contribution in [0.2, 0.25) is 0 Å². The van der Waals surface area contributed by atoms with Crippen LogP contribution in [0.3, 0.4) is 0 Å². The van der Waals surface area contributed by atoms with Crippen molar-refractivity contribution in [2.45, 2.75) is 57.8 Å². The van der Waals surface area contributed by atoms with Crippen molar-refractivity contribution in [1.29, 1.82) is 0 Å². The summed E-state index contributed by atoms with van der Waals surface area (Å²) in [6.45, 7) is 0.478. The van der Waals surface area contributed by atoms with Gasteiger partial charge in [0.25, 0.3) is 0 Å². The first-order valence-corrected chi connectivity index (χ1v) is 5.96. The van der Waals surface area contributed by atoms with Crippen molar-refractivity contribution in [1.82, 2.24) is 0 Å². The van der Waals surface area contributed by atoms with Crippen LogP contribution in [0.5, 0.6) is 0 Å². The van der Waals surface area contributed by atoms with E-state index in [4.69, 9.17) is 4.74 Å². The summed E-state index contributed by atoms with van der Waals surface area (Å²) < 4.78 is 4.97. The summed E-state index contributed by atoms with van der Waals surface area (Å²) in [6.07, 6.45) is 8.26. The maximum absolute atomic E-state index is 11.3. The van der Waals surface area contributed by atoms with E-state index in [1.807, 2.05) is 0 Å². The van der Waals surface area contributed by atoms with Crippen molar-refractivity contribution in [2.75, 3.05) is 6.61 Å². The number of Topliss-reactive ketones (excluding diaryl/α,β-unsaturated/α-hetero) is 1. The molecule has 1 aliphatic heterocycles. The predicted molar refractivity (Wildman–Crippen MR) is 57.5 cm³/mol. The van der Waals surface area contributed by atoms with Gasteiger partial charge in [0.05, 0.1) is 6.61 Å². The Morgan fingerprint density at radius 1 is 0.800 bits per heavy atom. The first kappa shape index (κ1) is 12.2. The summed E-state index contributed by atoms with van der Waals surface area (Å²) in [5.41, 5.74) is 0. The number of esters is 1. The zero-order valence-electron chi connectivity index (χ0n) is 9.30. The van der Waals surface area contributed by atoms with Gasteiger partial charge in [-0.15, -0.1) is 0 Å². The normalized spacial score (nSPS) is 22.1. The van der Waals surface area contributed by atoms with Crippen LogP contribution in [0.1, 0.15) is 57.8 Å². The molecule has 0 radical (unpaired) electrons. The molecule has 3 heteroatoms. The molecule has 0 bridgehead atoms. The number of cyclic esters (lactones) is 1. The topological polar surface area (TPSA) is 43.4 Å². The third-order valence-electron chi connectivity index (χ3n) is 2.70. The maximum Gasteiger partial charge on any atom is 0.313 e. The average Bonchev–Trinajstić information content (AvgIpc) is 2.21. The molecule has 0 aliphatic carbocycles. The van der Waals surface area contributed by atoms with E-state index in [1.165, 1.54) is 19.3 Å². The van der Waals surface area contributed by atoms with Crippen LogP contribution < -0.4 is 0 Å². The van der Waals surface area contributed by atoms with Gasteiger partial charge in [-0.05, 0) is 12.8 Å². The summed E-state index contributed by atoms with van der Waals surface area (Å²) in [4.78, 5) is 22.4. The monoisotopic (exact) mass is 212 g/mol. The molecule has 86 valence electrons. The van der Waals surface area contributed by atoms with Gasteiger partial charge in [-0.3, -0.25) is 9.59 Å². The van der Waals surface area contributed by atoms with Gasteiger partial charge in [-0.1, -0.05) is 32.1 Å². The van der Waals surface area contributed by atoms with Crippen LogP contribution in [0.4, 0.5) is 0 Å². The van der Waals surface area contributed by atoms with Gasteiger partial charge >= 0.3 is 5.97 Å². The quantitative estimate of drug-likeness (QED) is 0.458. The fourth-order valence-electron chi connectivity index (χ4n) is 1.79. The zero-order valence-corrected chi connectivity index (χ0v) is 9.30. The molecule has 0 aromatic heterocycles. The molecule has 1 aliphatic rings. The first-order chi connectivity index (χ1) is 7.29. The van der Waals surface area contributed by atoms with Crippen molar-refractivity contribution in [3.8, 4) is 0 Å². The summed E-state index contributed by atoms with van der Waals surface area (Å²) in [6, 6.07) is 0. The third kappa shape index (κ3) is 6.26. The van der Waals surface area contributed by atoms with E-state index >= 15 is 0 Å². The van der Waals surface area contributed by atoms with Crippen molar-refractivity contribution < 1.29 is 14.3 Å². The number of carbonyl (C=O) groups excluding carboxylic acids is 2. The molecule has 0 aromatic rings. The molecule has 0 spiro atoms. The van der Waals surface area contributed by atoms with Gasteiger partial charge in [-0.25, -0.2) is 0 Å². The Bertz CT molecular complexity index is 189. The van der Waals surface area contributed by atoms with E-state index in [0.717, 1.165) is 25.7 Å². The fraction of sp³-hybridized carbons (Fsp3) is 0.833. The molecule has 1 fully saturated rings. The number of ketones is 1. The van der Waals surface area contributed by atoms with Gasteiger partial charge in [0, 0.05) is 6.42 Å². The average molecular weight is 212 g/mol. The lowest BCUT2D eigenvalue weighted by Crippen LogP contribution is -2.11. The molecule has 0 N–H and O–H groups in total. The van der Waals surface area contributed by atoms with Gasteiger partial charge < -0.3 is 4.74 Å². The molecule has 0 saturated carbocycles. The molecule has 1 heterocycles. The van der Waals surface area contributed by atoms with Crippen molar-refractivity contribution >= 4 is 11.8 Å². The van der Waals surface area contributed by atoms with Gasteiger partial charge in [0.2, 0.25) is 0 Å². The second-order valence-corrected chi connectivity index (χ2v) is 4.16. The highest BCUT2D eigenvalue weighted by Gasteiger charge is 2.10. The van der Waals surface area contributed by atoms with Gasteiger partial charge in [0.15, 0.2) is 0 Å². The molecule has 1 rings (SSSR count). The Labute approximate surface area is 91.2 Å². The van der Waals surface area contributed by atoms with E-state index in [-0.39, 0.29) is 18.2 Å². The number of hydrogen-bond acceptors (Lipinski definition) is 3. The highest BCUT2D eigenvalue weighted by Crippen LogP contribution is 2.10. The fourth-order valence-corrected chi connectivity index (χ4v) is 1.79. The van der Waals surface area contributed by atoms with Crippen LogP contribution in [0, 0.1) is 0 Å². The molecule has 3 nitrogen and oxygen atoms in total. The number of carbonyl (C=O) groups is 2. The Balaban J connectivity index is 2.29.